The molecule has 0 amide bonds. The second-order valence-electron chi connectivity index (χ2n) is 4.23. The number of aliphatic hydroxyl groups excluding tert-OH is 1. The van der Waals surface area contributed by atoms with Crippen LogP contribution in [0.15, 0.2) is 11.6 Å². The zero-order chi connectivity index (χ0) is 9.97. The van der Waals surface area contributed by atoms with Crippen molar-refractivity contribution in [2.45, 2.75) is 38.2 Å². The van der Waals surface area contributed by atoms with Crippen molar-refractivity contribution in [2.75, 3.05) is 6.61 Å². The Morgan fingerprint density at radius 2 is 2.21 bits per heavy atom. The summed E-state index contributed by atoms with van der Waals surface area (Å²) in [7, 11) is 0. The molecule has 2 aliphatic rings. The van der Waals surface area contributed by atoms with Gasteiger partial charge in [-0.25, -0.2) is 4.79 Å². The van der Waals surface area contributed by atoms with Crippen LogP contribution in [0.25, 0.3) is 0 Å². The first-order valence-corrected chi connectivity index (χ1v) is 5.30. The van der Waals surface area contributed by atoms with Gasteiger partial charge in [-0.15, -0.1) is 0 Å². The molecule has 1 aliphatic heterocycles. The van der Waals surface area contributed by atoms with Crippen LogP contribution in [-0.4, -0.2) is 23.8 Å². The van der Waals surface area contributed by atoms with E-state index in [1.807, 2.05) is 0 Å². The van der Waals surface area contributed by atoms with Crippen LogP contribution in [0.2, 0.25) is 0 Å². The van der Waals surface area contributed by atoms with Crippen molar-refractivity contribution in [3.8, 4) is 0 Å². The molecule has 0 aromatic rings. The normalized spacial score (nSPS) is 32.6. The van der Waals surface area contributed by atoms with Crippen molar-refractivity contribution in [1.29, 1.82) is 0 Å². The first kappa shape index (κ1) is 9.71. The topological polar surface area (TPSA) is 46.5 Å². The summed E-state index contributed by atoms with van der Waals surface area (Å²) in [6, 6.07) is 0. The second kappa shape index (κ2) is 4.13. The lowest BCUT2D eigenvalue weighted by Crippen LogP contribution is -2.24. The molecule has 1 fully saturated rings. The average Bonchev–Trinajstić information content (AvgIpc) is 2.56. The van der Waals surface area contributed by atoms with Crippen molar-refractivity contribution in [1.82, 2.24) is 0 Å². The highest BCUT2D eigenvalue weighted by molar-refractivity contribution is 5.85. The van der Waals surface area contributed by atoms with Gasteiger partial charge in [0.2, 0.25) is 0 Å². The molecule has 0 aromatic carbocycles. The molecule has 14 heavy (non-hydrogen) atoms. The molecular weight excluding hydrogens is 180 g/mol. The standard InChI is InChI=1S/C11H16O3/c12-10-4-2-1-3-9(10)5-8-6-11(13)14-7-8/h6,9-10,12H,1-5,7H2. The number of carbonyl (C=O) groups is 1. The molecule has 0 radical (unpaired) electrons. The summed E-state index contributed by atoms with van der Waals surface area (Å²) in [6.07, 6.45) is 6.53. The minimum atomic E-state index is -0.231. The molecule has 2 atom stereocenters. The van der Waals surface area contributed by atoms with E-state index in [-0.39, 0.29) is 12.1 Å². The van der Waals surface area contributed by atoms with Crippen LogP contribution in [0.1, 0.15) is 32.1 Å². The summed E-state index contributed by atoms with van der Waals surface area (Å²) in [5, 5.41) is 9.74. The number of rotatable bonds is 2. The van der Waals surface area contributed by atoms with Crippen molar-refractivity contribution in [3.63, 3.8) is 0 Å². The highest BCUT2D eigenvalue weighted by Crippen LogP contribution is 2.30. The first-order chi connectivity index (χ1) is 6.75. The minimum Gasteiger partial charge on any atom is -0.458 e. The smallest absolute Gasteiger partial charge is 0.331 e. The Hall–Kier alpha value is -0.830. The maximum atomic E-state index is 10.8. The Morgan fingerprint density at radius 1 is 1.43 bits per heavy atom. The van der Waals surface area contributed by atoms with Gasteiger partial charge in [0, 0.05) is 6.08 Å². The van der Waals surface area contributed by atoms with Crippen LogP contribution in [-0.2, 0) is 9.53 Å². The molecule has 78 valence electrons. The number of hydrogen-bond donors (Lipinski definition) is 1. The van der Waals surface area contributed by atoms with E-state index in [0.717, 1.165) is 31.3 Å². The molecule has 0 saturated heterocycles. The molecule has 3 nitrogen and oxygen atoms in total. The van der Waals surface area contributed by atoms with E-state index in [9.17, 15) is 9.90 Å². The lowest BCUT2D eigenvalue weighted by molar-refractivity contribution is -0.134. The lowest BCUT2D eigenvalue weighted by atomic mass is 9.82. The minimum absolute atomic E-state index is 0.180. The molecular formula is C11H16O3. The highest BCUT2D eigenvalue weighted by Gasteiger charge is 2.25. The summed E-state index contributed by atoms with van der Waals surface area (Å²) in [4.78, 5) is 10.8. The van der Waals surface area contributed by atoms with E-state index in [1.165, 1.54) is 6.42 Å². The average molecular weight is 196 g/mol. The molecule has 2 rings (SSSR count). The largest absolute Gasteiger partial charge is 0.458 e. The molecule has 1 aliphatic carbocycles. The predicted octanol–water partition coefficient (Wildman–Crippen LogP) is 1.41. The summed E-state index contributed by atoms with van der Waals surface area (Å²) < 4.78 is 4.83. The van der Waals surface area contributed by atoms with Gasteiger partial charge in [-0.3, -0.25) is 0 Å². The number of esters is 1. The quantitative estimate of drug-likeness (QED) is 0.679. The summed E-state index contributed by atoms with van der Waals surface area (Å²) in [5.74, 6) is 0.106. The maximum absolute atomic E-state index is 10.8. The number of ether oxygens (including phenoxy) is 1. The molecule has 1 heterocycles. The molecule has 0 spiro atoms. The van der Waals surface area contributed by atoms with Crippen LogP contribution in [0.4, 0.5) is 0 Å². The number of hydrogen-bond acceptors (Lipinski definition) is 3. The highest BCUT2D eigenvalue weighted by atomic mass is 16.5. The van der Waals surface area contributed by atoms with Crippen LogP contribution in [0.3, 0.4) is 0 Å². The van der Waals surface area contributed by atoms with Gasteiger partial charge in [0.25, 0.3) is 0 Å². The van der Waals surface area contributed by atoms with Gasteiger partial charge in [0.15, 0.2) is 0 Å². The fraction of sp³-hybridized carbons (Fsp3) is 0.727. The van der Waals surface area contributed by atoms with Crippen LogP contribution < -0.4 is 0 Å². The van der Waals surface area contributed by atoms with Gasteiger partial charge in [0.05, 0.1) is 6.10 Å². The Balaban J connectivity index is 1.89. The van der Waals surface area contributed by atoms with Gasteiger partial charge in [-0.05, 0) is 30.8 Å². The number of cyclic esters (lactones) is 1. The third kappa shape index (κ3) is 2.15. The third-order valence-corrected chi connectivity index (χ3v) is 3.12. The molecule has 2 unspecified atom stereocenters. The summed E-state index contributed by atoms with van der Waals surface area (Å²) >= 11 is 0. The summed E-state index contributed by atoms with van der Waals surface area (Å²) in [5.41, 5.74) is 1.04. The van der Waals surface area contributed by atoms with Gasteiger partial charge >= 0.3 is 5.97 Å². The van der Waals surface area contributed by atoms with Gasteiger partial charge in [-0.1, -0.05) is 12.8 Å². The number of aliphatic hydroxyl groups is 1. The molecule has 0 aromatic heterocycles. The van der Waals surface area contributed by atoms with Gasteiger partial charge in [-0.2, -0.15) is 0 Å². The van der Waals surface area contributed by atoms with Crippen molar-refractivity contribution >= 4 is 5.97 Å². The first-order valence-electron chi connectivity index (χ1n) is 5.30. The third-order valence-electron chi connectivity index (χ3n) is 3.12. The monoisotopic (exact) mass is 196 g/mol. The Bertz CT molecular complexity index is 257. The van der Waals surface area contributed by atoms with E-state index in [1.54, 1.807) is 6.08 Å². The molecule has 0 bridgehead atoms. The molecule has 1 N–H and O–H groups in total. The fourth-order valence-corrected chi connectivity index (χ4v) is 2.29. The predicted molar refractivity (Wildman–Crippen MR) is 51.6 cm³/mol. The molecule has 3 heteroatoms. The van der Waals surface area contributed by atoms with E-state index >= 15 is 0 Å². The lowest BCUT2D eigenvalue weighted by Gasteiger charge is -2.27. The fourth-order valence-electron chi connectivity index (χ4n) is 2.29. The molecule has 1 saturated carbocycles. The van der Waals surface area contributed by atoms with Crippen LogP contribution in [0, 0.1) is 5.92 Å². The van der Waals surface area contributed by atoms with Gasteiger partial charge in [0.1, 0.15) is 6.61 Å². The van der Waals surface area contributed by atoms with Crippen molar-refractivity contribution < 1.29 is 14.6 Å². The zero-order valence-electron chi connectivity index (χ0n) is 8.24. The van der Waals surface area contributed by atoms with E-state index < -0.39 is 0 Å². The van der Waals surface area contributed by atoms with Gasteiger partial charge < -0.3 is 9.84 Å². The Labute approximate surface area is 83.8 Å². The van der Waals surface area contributed by atoms with E-state index in [0.29, 0.717) is 12.5 Å². The number of carbonyl (C=O) groups excluding carboxylic acids is 1. The van der Waals surface area contributed by atoms with Crippen molar-refractivity contribution in [2.24, 2.45) is 5.92 Å². The second-order valence-corrected chi connectivity index (χ2v) is 4.23. The maximum Gasteiger partial charge on any atom is 0.331 e. The van der Waals surface area contributed by atoms with E-state index in [2.05, 4.69) is 0 Å². The zero-order valence-corrected chi connectivity index (χ0v) is 8.24. The Morgan fingerprint density at radius 3 is 2.86 bits per heavy atom. The Kier molecular flexibility index (Phi) is 2.87. The van der Waals surface area contributed by atoms with Crippen LogP contribution >= 0.6 is 0 Å². The van der Waals surface area contributed by atoms with E-state index in [4.69, 9.17) is 4.74 Å². The SMILES string of the molecule is O=C1C=C(CC2CCCCC2O)CO1. The van der Waals surface area contributed by atoms with Crippen LogP contribution in [0.5, 0.6) is 0 Å². The van der Waals surface area contributed by atoms with Crippen molar-refractivity contribution in [3.05, 3.63) is 11.6 Å². The summed E-state index contributed by atoms with van der Waals surface area (Å²) in [6.45, 7) is 0.433.